The summed E-state index contributed by atoms with van der Waals surface area (Å²) in [6.45, 7) is 4.60. The summed E-state index contributed by atoms with van der Waals surface area (Å²) in [5, 5.41) is 3.59. The summed E-state index contributed by atoms with van der Waals surface area (Å²) in [6, 6.07) is 7.03. The zero-order valence-corrected chi connectivity index (χ0v) is 14.7. The molecule has 0 aliphatic carbocycles. The number of likely N-dealkylation sites (tertiary alicyclic amines) is 2. The van der Waals surface area contributed by atoms with Gasteiger partial charge in [0.05, 0.1) is 0 Å². The minimum Gasteiger partial charge on any atom is -0.343 e. The van der Waals surface area contributed by atoms with E-state index >= 15 is 0 Å². The Morgan fingerprint density at radius 3 is 2.52 bits per heavy atom. The average Bonchev–Trinajstić information content (AvgIpc) is 2.94. The van der Waals surface area contributed by atoms with Crippen molar-refractivity contribution in [1.29, 1.82) is 0 Å². The fourth-order valence-corrected chi connectivity index (χ4v) is 3.71. The predicted octanol–water partition coefficient (Wildman–Crippen LogP) is 1.57. The molecule has 0 spiro atoms. The van der Waals surface area contributed by atoms with Crippen LogP contribution in [0.5, 0.6) is 0 Å². The van der Waals surface area contributed by atoms with Crippen LogP contribution >= 0.6 is 0 Å². The maximum Gasteiger partial charge on any atom is 0.224 e. The Balaban J connectivity index is 1.43. The quantitative estimate of drug-likeness (QED) is 0.880. The number of hydrogen-bond acceptors (Lipinski definition) is 3. The molecule has 2 saturated heterocycles. The van der Waals surface area contributed by atoms with Crippen molar-refractivity contribution in [2.45, 2.75) is 44.7 Å². The first-order valence-corrected chi connectivity index (χ1v) is 9.05. The molecule has 6 heteroatoms. The molecule has 1 aromatic rings. The van der Waals surface area contributed by atoms with Crippen LogP contribution in [0, 0.1) is 5.82 Å². The average molecular weight is 347 g/mol. The molecule has 136 valence electrons. The fourth-order valence-electron chi connectivity index (χ4n) is 3.71. The predicted molar refractivity (Wildman–Crippen MR) is 93.5 cm³/mol. The van der Waals surface area contributed by atoms with Crippen molar-refractivity contribution in [3.8, 4) is 0 Å². The van der Waals surface area contributed by atoms with E-state index in [0.29, 0.717) is 19.0 Å². The lowest BCUT2D eigenvalue weighted by Gasteiger charge is -2.33. The van der Waals surface area contributed by atoms with Crippen LogP contribution in [0.2, 0.25) is 0 Å². The molecular formula is C19H26FN3O2. The first-order valence-electron chi connectivity index (χ1n) is 9.05. The van der Waals surface area contributed by atoms with Gasteiger partial charge in [-0.1, -0.05) is 12.1 Å². The minimum atomic E-state index is -0.235. The molecule has 5 nitrogen and oxygen atoms in total. The topological polar surface area (TPSA) is 52.7 Å². The summed E-state index contributed by atoms with van der Waals surface area (Å²) in [7, 11) is 0. The van der Waals surface area contributed by atoms with E-state index in [1.165, 1.54) is 12.1 Å². The minimum absolute atomic E-state index is 0.140. The largest absolute Gasteiger partial charge is 0.343 e. The molecule has 25 heavy (non-hydrogen) atoms. The number of halogens is 1. The smallest absolute Gasteiger partial charge is 0.224 e. The molecule has 2 amide bonds. The van der Waals surface area contributed by atoms with Crippen LogP contribution in [-0.4, -0.2) is 59.9 Å². The number of rotatable bonds is 5. The van der Waals surface area contributed by atoms with Crippen molar-refractivity contribution in [2.75, 3.05) is 26.2 Å². The molecule has 0 bridgehead atoms. The summed E-state index contributed by atoms with van der Waals surface area (Å²) in [4.78, 5) is 27.4. The maximum atomic E-state index is 12.9. The molecule has 1 unspecified atom stereocenters. The third kappa shape index (κ3) is 4.78. The van der Waals surface area contributed by atoms with E-state index in [-0.39, 0.29) is 23.7 Å². The van der Waals surface area contributed by atoms with Crippen molar-refractivity contribution in [2.24, 2.45) is 0 Å². The third-order valence-corrected chi connectivity index (χ3v) is 5.21. The number of carbonyl (C=O) groups excluding carboxylic acids is 2. The number of amides is 2. The molecular weight excluding hydrogens is 321 g/mol. The van der Waals surface area contributed by atoms with E-state index < -0.39 is 0 Å². The Morgan fingerprint density at radius 1 is 1.20 bits per heavy atom. The molecule has 0 aromatic heterocycles. The van der Waals surface area contributed by atoms with E-state index in [4.69, 9.17) is 0 Å². The molecule has 2 aliphatic rings. The van der Waals surface area contributed by atoms with Crippen molar-refractivity contribution < 1.29 is 14.0 Å². The monoisotopic (exact) mass is 347 g/mol. The summed E-state index contributed by atoms with van der Waals surface area (Å²) in [5.74, 6) is 0.0864. The first-order chi connectivity index (χ1) is 12.0. The van der Waals surface area contributed by atoms with Crippen molar-refractivity contribution >= 4 is 11.8 Å². The highest BCUT2D eigenvalue weighted by Crippen LogP contribution is 2.17. The van der Waals surface area contributed by atoms with Crippen LogP contribution in [-0.2, 0) is 16.0 Å². The molecule has 2 aliphatic heterocycles. The number of hydrogen-bond donors (Lipinski definition) is 1. The van der Waals surface area contributed by atoms with E-state index in [9.17, 15) is 14.0 Å². The van der Waals surface area contributed by atoms with Gasteiger partial charge in [-0.15, -0.1) is 0 Å². The molecule has 0 radical (unpaired) electrons. The second kappa shape index (κ2) is 7.95. The normalized spacial score (nSPS) is 21.8. The van der Waals surface area contributed by atoms with Crippen LogP contribution in [0.4, 0.5) is 4.39 Å². The molecule has 1 N–H and O–H groups in total. The maximum absolute atomic E-state index is 12.9. The lowest BCUT2D eigenvalue weighted by atomic mass is 10.0. The zero-order valence-electron chi connectivity index (χ0n) is 14.7. The number of benzene rings is 1. The van der Waals surface area contributed by atoms with E-state index in [2.05, 4.69) is 5.32 Å². The Labute approximate surface area is 148 Å². The van der Waals surface area contributed by atoms with Crippen LogP contribution in [0.15, 0.2) is 24.3 Å². The SMILES string of the molecule is CC(=O)N1CCC(NC2CC(=O)N(CCc3ccc(F)cc3)C2)CC1. The number of carbonyl (C=O) groups is 2. The van der Waals surface area contributed by atoms with Crippen molar-refractivity contribution in [3.63, 3.8) is 0 Å². The van der Waals surface area contributed by atoms with Gasteiger partial charge in [0.2, 0.25) is 11.8 Å². The van der Waals surface area contributed by atoms with Gasteiger partial charge in [-0.2, -0.15) is 0 Å². The van der Waals surface area contributed by atoms with Crippen molar-refractivity contribution in [3.05, 3.63) is 35.6 Å². The Kier molecular flexibility index (Phi) is 5.68. The summed E-state index contributed by atoms with van der Waals surface area (Å²) < 4.78 is 12.9. The van der Waals surface area contributed by atoms with Crippen LogP contribution in [0.1, 0.15) is 31.7 Å². The van der Waals surface area contributed by atoms with Gasteiger partial charge in [0.15, 0.2) is 0 Å². The van der Waals surface area contributed by atoms with Gasteiger partial charge >= 0.3 is 0 Å². The number of nitrogens with zero attached hydrogens (tertiary/aromatic N) is 2. The number of nitrogens with one attached hydrogen (secondary N) is 1. The Morgan fingerprint density at radius 2 is 1.88 bits per heavy atom. The highest BCUT2D eigenvalue weighted by atomic mass is 19.1. The fraction of sp³-hybridized carbons (Fsp3) is 0.579. The van der Waals surface area contributed by atoms with Gasteiger partial charge in [-0.25, -0.2) is 4.39 Å². The third-order valence-electron chi connectivity index (χ3n) is 5.21. The molecule has 0 saturated carbocycles. The summed E-state index contributed by atoms with van der Waals surface area (Å²) >= 11 is 0. The highest BCUT2D eigenvalue weighted by molar-refractivity contribution is 5.79. The zero-order chi connectivity index (χ0) is 17.8. The Bertz CT molecular complexity index is 612. The van der Waals surface area contributed by atoms with Gasteiger partial charge in [-0.05, 0) is 37.0 Å². The second-order valence-corrected chi connectivity index (χ2v) is 7.06. The van der Waals surface area contributed by atoms with E-state index in [0.717, 1.165) is 44.5 Å². The number of piperidine rings is 1. The molecule has 3 rings (SSSR count). The van der Waals surface area contributed by atoms with Gasteiger partial charge in [0, 0.05) is 51.6 Å². The molecule has 1 atom stereocenters. The van der Waals surface area contributed by atoms with Gasteiger partial charge in [0.25, 0.3) is 0 Å². The van der Waals surface area contributed by atoms with Crippen LogP contribution in [0.3, 0.4) is 0 Å². The van der Waals surface area contributed by atoms with Crippen molar-refractivity contribution in [1.82, 2.24) is 15.1 Å². The molecule has 1 aromatic carbocycles. The van der Waals surface area contributed by atoms with Crippen LogP contribution in [0.25, 0.3) is 0 Å². The molecule has 2 fully saturated rings. The van der Waals surface area contributed by atoms with E-state index in [1.807, 2.05) is 9.80 Å². The lowest BCUT2D eigenvalue weighted by Crippen LogP contribution is -2.48. The Hall–Kier alpha value is -1.95. The second-order valence-electron chi connectivity index (χ2n) is 7.06. The van der Waals surface area contributed by atoms with Gasteiger partial charge < -0.3 is 15.1 Å². The van der Waals surface area contributed by atoms with Gasteiger partial charge in [0.1, 0.15) is 5.82 Å². The first kappa shape index (κ1) is 17.9. The highest BCUT2D eigenvalue weighted by Gasteiger charge is 2.31. The molecule has 2 heterocycles. The van der Waals surface area contributed by atoms with Gasteiger partial charge in [-0.3, -0.25) is 9.59 Å². The summed E-state index contributed by atoms with van der Waals surface area (Å²) in [6.07, 6.45) is 3.17. The van der Waals surface area contributed by atoms with E-state index in [1.54, 1.807) is 19.1 Å². The summed E-state index contributed by atoms with van der Waals surface area (Å²) in [5.41, 5.74) is 1.04. The standard InChI is InChI=1S/C19H26FN3O2/c1-14(24)22-10-7-17(8-11-22)21-18-12-19(25)23(13-18)9-6-15-2-4-16(20)5-3-15/h2-5,17-18,21H,6-13H2,1H3. The van der Waals surface area contributed by atoms with Crippen LogP contribution < -0.4 is 5.32 Å². The lowest BCUT2D eigenvalue weighted by molar-refractivity contribution is -0.130.